The van der Waals surface area contributed by atoms with Crippen molar-refractivity contribution in [3.8, 4) is 0 Å². The molecule has 0 saturated heterocycles. The largest absolute Gasteiger partial charge is 0.390 e. The molecule has 0 heterocycles. The highest BCUT2D eigenvalue weighted by atomic mass is 16.3. The molecule has 1 aliphatic carbocycles. The summed E-state index contributed by atoms with van der Waals surface area (Å²) in [7, 11) is 0. The SMILES string of the molecule is CC(C)(O)CCNCC1(C)CC1. The average molecular weight is 171 g/mol. The molecule has 0 aliphatic heterocycles. The zero-order valence-corrected chi connectivity index (χ0v) is 8.48. The van der Waals surface area contributed by atoms with Gasteiger partial charge in [-0.2, -0.15) is 0 Å². The first-order valence-corrected chi connectivity index (χ1v) is 4.84. The average Bonchev–Trinajstić information content (AvgIpc) is 2.60. The van der Waals surface area contributed by atoms with Crippen molar-refractivity contribution in [3.05, 3.63) is 0 Å². The predicted octanol–water partition coefficient (Wildman–Crippen LogP) is 1.54. The molecule has 0 bridgehead atoms. The molecule has 1 rings (SSSR count). The van der Waals surface area contributed by atoms with Gasteiger partial charge in [0.05, 0.1) is 5.60 Å². The van der Waals surface area contributed by atoms with Gasteiger partial charge in [0.15, 0.2) is 0 Å². The molecule has 0 unspecified atom stereocenters. The molecule has 2 nitrogen and oxygen atoms in total. The molecule has 1 fully saturated rings. The van der Waals surface area contributed by atoms with Gasteiger partial charge in [0.1, 0.15) is 0 Å². The van der Waals surface area contributed by atoms with E-state index < -0.39 is 5.60 Å². The summed E-state index contributed by atoms with van der Waals surface area (Å²) in [6, 6.07) is 0. The van der Waals surface area contributed by atoms with Crippen LogP contribution in [-0.4, -0.2) is 23.8 Å². The van der Waals surface area contributed by atoms with Gasteiger partial charge in [0.2, 0.25) is 0 Å². The van der Waals surface area contributed by atoms with Crippen LogP contribution in [0.3, 0.4) is 0 Å². The van der Waals surface area contributed by atoms with Crippen molar-refractivity contribution in [3.63, 3.8) is 0 Å². The van der Waals surface area contributed by atoms with Crippen molar-refractivity contribution in [1.29, 1.82) is 0 Å². The fraction of sp³-hybridized carbons (Fsp3) is 1.00. The Kier molecular flexibility index (Phi) is 2.79. The maximum atomic E-state index is 9.42. The summed E-state index contributed by atoms with van der Waals surface area (Å²) in [4.78, 5) is 0. The smallest absolute Gasteiger partial charge is 0.0603 e. The molecule has 2 N–H and O–H groups in total. The van der Waals surface area contributed by atoms with Gasteiger partial charge in [-0.05, 0) is 45.1 Å². The second-order valence-electron chi connectivity index (χ2n) is 5.05. The molecule has 2 heteroatoms. The molecule has 0 amide bonds. The van der Waals surface area contributed by atoms with Crippen molar-refractivity contribution < 1.29 is 5.11 Å². The van der Waals surface area contributed by atoms with Crippen LogP contribution in [0.2, 0.25) is 0 Å². The number of hydrogen-bond donors (Lipinski definition) is 2. The van der Waals surface area contributed by atoms with Gasteiger partial charge in [0, 0.05) is 6.54 Å². The fourth-order valence-electron chi connectivity index (χ4n) is 1.17. The van der Waals surface area contributed by atoms with E-state index in [1.807, 2.05) is 13.8 Å². The van der Waals surface area contributed by atoms with Crippen LogP contribution in [0.15, 0.2) is 0 Å². The minimum absolute atomic E-state index is 0.516. The van der Waals surface area contributed by atoms with Gasteiger partial charge in [-0.15, -0.1) is 0 Å². The Labute approximate surface area is 75.4 Å². The Morgan fingerprint density at radius 2 is 2.00 bits per heavy atom. The first kappa shape index (κ1) is 10.0. The maximum Gasteiger partial charge on any atom is 0.0603 e. The number of rotatable bonds is 5. The lowest BCUT2D eigenvalue weighted by atomic mass is 10.1. The molecule has 1 saturated carbocycles. The second kappa shape index (κ2) is 3.35. The lowest BCUT2D eigenvalue weighted by molar-refractivity contribution is 0.0709. The fourth-order valence-corrected chi connectivity index (χ4v) is 1.17. The van der Waals surface area contributed by atoms with Crippen molar-refractivity contribution in [2.45, 2.75) is 45.6 Å². The Morgan fingerprint density at radius 1 is 1.42 bits per heavy atom. The van der Waals surface area contributed by atoms with Crippen LogP contribution >= 0.6 is 0 Å². The Bertz CT molecular complexity index is 137. The number of aliphatic hydroxyl groups is 1. The van der Waals surface area contributed by atoms with E-state index in [0.717, 1.165) is 19.5 Å². The van der Waals surface area contributed by atoms with Gasteiger partial charge in [0.25, 0.3) is 0 Å². The van der Waals surface area contributed by atoms with Crippen LogP contribution in [0, 0.1) is 5.41 Å². The minimum atomic E-state index is -0.516. The third kappa shape index (κ3) is 4.07. The Morgan fingerprint density at radius 3 is 2.42 bits per heavy atom. The Hall–Kier alpha value is -0.0800. The monoisotopic (exact) mass is 171 g/mol. The summed E-state index contributed by atoms with van der Waals surface area (Å²) >= 11 is 0. The topological polar surface area (TPSA) is 32.3 Å². The molecular formula is C10H21NO. The molecule has 0 atom stereocenters. The van der Waals surface area contributed by atoms with Gasteiger partial charge < -0.3 is 10.4 Å². The van der Waals surface area contributed by atoms with Crippen molar-refractivity contribution in [1.82, 2.24) is 5.32 Å². The highest BCUT2D eigenvalue weighted by Crippen LogP contribution is 2.43. The first-order chi connectivity index (χ1) is 5.41. The van der Waals surface area contributed by atoms with E-state index in [-0.39, 0.29) is 0 Å². The molecule has 72 valence electrons. The molecular weight excluding hydrogens is 150 g/mol. The summed E-state index contributed by atoms with van der Waals surface area (Å²) in [6.45, 7) is 8.06. The normalized spacial score (nSPS) is 21.0. The standard InChI is InChI=1S/C10H21NO/c1-9(2,12)6-7-11-8-10(3)4-5-10/h11-12H,4-8H2,1-3H3. The minimum Gasteiger partial charge on any atom is -0.390 e. The van der Waals surface area contributed by atoms with E-state index in [1.165, 1.54) is 12.8 Å². The molecule has 0 aromatic rings. The number of nitrogens with one attached hydrogen (secondary N) is 1. The summed E-state index contributed by atoms with van der Waals surface area (Å²) in [5.41, 5.74) is 0.0665. The highest BCUT2D eigenvalue weighted by molar-refractivity contribution is 4.90. The van der Waals surface area contributed by atoms with Crippen LogP contribution in [0.25, 0.3) is 0 Å². The third-order valence-electron chi connectivity index (χ3n) is 2.57. The quantitative estimate of drug-likeness (QED) is 0.615. The Balaban J connectivity index is 1.96. The summed E-state index contributed by atoms with van der Waals surface area (Å²) < 4.78 is 0. The summed E-state index contributed by atoms with van der Waals surface area (Å²) in [5, 5.41) is 12.8. The molecule has 12 heavy (non-hydrogen) atoms. The van der Waals surface area contributed by atoms with Crippen LogP contribution < -0.4 is 5.32 Å². The van der Waals surface area contributed by atoms with Crippen LogP contribution in [-0.2, 0) is 0 Å². The van der Waals surface area contributed by atoms with E-state index in [1.54, 1.807) is 0 Å². The second-order valence-corrected chi connectivity index (χ2v) is 5.05. The van der Waals surface area contributed by atoms with Gasteiger partial charge in [-0.1, -0.05) is 6.92 Å². The van der Waals surface area contributed by atoms with Crippen molar-refractivity contribution >= 4 is 0 Å². The van der Waals surface area contributed by atoms with E-state index in [9.17, 15) is 5.11 Å². The maximum absolute atomic E-state index is 9.42. The van der Waals surface area contributed by atoms with Crippen LogP contribution in [0.4, 0.5) is 0 Å². The molecule has 0 aromatic heterocycles. The van der Waals surface area contributed by atoms with E-state index in [2.05, 4.69) is 12.2 Å². The lowest BCUT2D eigenvalue weighted by Gasteiger charge is -2.18. The predicted molar refractivity (Wildman–Crippen MR) is 51.1 cm³/mol. The van der Waals surface area contributed by atoms with Gasteiger partial charge in [-0.3, -0.25) is 0 Å². The zero-order chi connectivity index (χ0) is 9.24. The number of hydrogen-bond acceptors (Lipinski definition) is 2. The summed E-state index contributed by atoms with van der Waals surface area (Å²) in [6.07, 6.45) is 3.56. The molecule has 0 aromatic carbocycles. The molecule has 0 radical (unpaired) electrons. The highest BCUT2D eigenvalue weighted by Gasteiger charge is 2.36. The van der Waals surface area contributed by atoms with Crippen LogP contribution in [0.1, 0.15) is 40.0 Å². The van der Waals surface area contributed by atoms with Gasteiger partial charge in [-0.25, -0.2) is 0 Å². The zero-order valence-electron chi connectivity index (χ0n) is 8.48. The lowest BCUT2D eigenvalue weighted by Crippen LogP contribution is -2.29. The first-order valence-electron chi connectivity index (χ1n) is 4.84. The van der Waals surface area contributed by atoms with Gasteiger partial charge >= 0.3 is 0 Å². The summed E-state index contributed by atoms with van der Waals surface area (Å²) in [5.74, 6) is 0. The van der Waals surface area contributed by atoms with E-state index in [0.29, 0.717) is 5.41 Å². The van der Waals surface area contributed by atoms with E-state index >= 15 is 0 Å². The van der Waals surface area contributed by atoms with Crippen molar-refractivity contribution in [2.24, 2.45) is 5.41 Å². The van der Waals surface area contributed by atoms with Crippen molar-refractivity contribution in [2.75, 3.05) is 13.1 Å². The third-order valence-corrected chi connectivity index (χ3v) is 2.57. The van der Waals surface area contributed by atoms with E-state index in [4.69, 9.17) is 0 Å². The molecule has 1 aliphatic rings. The van der Waals surface area contributed by atoms with Crippen LogP contribution in [0.5, 0.6) is 0 Å². The molecule has 0 spiro atoms.